The van der Waals surface area contributed by atoms with Crippen LogP contribution in [-0.2, 0) is 6.42 Å². The van der Waals surface area contributed by atoms with Crippen molar-refractivity contribution in [2.24, 2.45) is 0 Å². The van der Waals surface area contributed by atoms with E-state index in [9.17, 15) is 13.6 Å². The Morgan fingerprint density at radius 2 is 1.92 bits per heavy atom. The Bertz CT molecular complexity index is 873. The molecule has 0 bridgehead atoms. The lowest BCUT2D eigenvalue weighted by molar-refractivity contribution is -0.0498. The molecule has 6 heteroatoms. The van der Waals surface area contributed by atoms with Crippen LogP contribution in [0.1, 0.15) is 21.6 Å². The van der Waals surface area contributed by atoms with Gasteiger partial charge < -0.3 is 15.0 Å². The van der Waals surface area contributed by atoms with Crippen molar-refractivity contribution in [2.45, 2.75) is 20.0 Å². The van der Waals surface area contributed by atoms with E-state index in [1.807, 2.05) is 31.2 Å². The van der Waals surface area contributed by atoms with Crippen LogP contribution >= 0.6 is 0 Å². The Morgan fingerprint density at radius 1 is 1.16 bits per heavy atom. The number of aryl methyl sites for hydroxylation is 1. The molecule has 2 aromatic carbocycles. The van der Waals surface area contributed by atoms with E-state index in [2.05, 4.69) is 15.0 Å². The highest BCUT2D eigenvalue weighted by Crippen LogP contribution is 2.17. The average Bonchev–Trinajstić information content (AvgIpc) is 2.99. The Kier molecular flexibility index (Phi) is 4.97. The quantitative estimate of drug-likeness (QED) is 0.709. The van der Waals surface area contributed by atoms with Gasteiger partial charge in [0.2, 0.25) is 0 Å². The van der Waals surface area contributed by atoms with Crippen molar-refractivity contribution in [3.05, 3.63) is 65.4 Å². The molecular formula is C19H18F2N2O2. The van der Waals surface area contributed by atoms with Crippen LogP contribution < -0.4 is 10.1 Å². The average molecular weight is 344 g/mol. The number of carbonyl (C=O) groups is 1. The van der Waals surface area contributed by atoms with Crippen molar-refractivity contribution < 1.29 is 18.3 Å². The van der Waals surface area contributed by atoms with Crippen LogP contribution in [0.5, 0.6) is 5.75 Å². The molecule has 0 saturated heterocycles. The summed E-state index contributed by atoms with van der Waals surface area (Å²) < 4.78 is 28.5. The monoisotopic (exact) mass is 344 g/mol. The Morgan fingerprint density at radius 3 is 2.64 bits per heavy atom. The summed E-state index contributed by atoms with van der Waals surface area (Å²) in [5, 5.41) is 3.85. The first-order chi connectivity index (χ1) is 12.0. The van der Waals surface area contributed by atoms with Gasteiger partial charge in [-0.25, -0.2) is 0 Å². The summed E-state index contributed by atoms with van der Waals surface area (Å²) in [6.45, 7) is -0.378. The molecule has 2 N–H and O–H groups in total. The number of amides is 1. The maximum Gasteiger partial charge on any atom is 0.387 e. The second-order valence-corrected chi connectivity index (χ2v) is 5.80. The van der Waals surface area contributed by atoms with E-state index in [-0.39, 0.29) is 11.7 Å². The maximum absolute atomic E-state index is 12.2. The molecule has 0 radical (unpaired) electrons. The molecule has 1 aromatic heterocycles. The highest BCUT2D eigenvalue weighted by molar-refractivity contribution is 5.98. The Hall–Kier alpha value is -2.89. The fourth-order valence-electron chi connectivity index (χ4n) is 2.63. The second-order valence-electron chi connectivity index (χ2n) is 5.80. The minimum absolute atomic E-state index is 0.121. The number of nitrogens with one attached hydrogen (secondary N) is 2. The lowest BCUT2D eigenvalue weighted by Crippen LogP contribution is -2.25. The number of rotatable bonds is 6. The summed E-state index contributed by atoms with van der Waals surface area (Å²) in [5.74, 6) is -0.0531. The first-order valence-electron chi connectivity index (χ1n) is 7.92. The molecule has 3 rings (SSSR count). The van der Waals surface area contributed by atoms with E-state index in [0.29, 0.717) is 18.7 Å². The Balaban J connectivity index is 1.54. The zero-order valence-corrected chi connectivity index (χ0v) is 13.7. The summed E-state index contributed by atoms with van der Waals surface area (Å²) in [6, 6.07) is 14.2. The van der Waals surface area contributed by atoms with Crippen molar-refractivity contribution in [3.63, 3.8) is 0 Å². The van der Waals surface area contributed by atoms with Gasteiger partial charge in [-0.15, -0.1) is 0 Å². The maximum atomic E-state index is 12.2. The summed E-state index contributed by atoms with van der Waals surface area (Å²) in [4.78, 5) is 15.3. The summed E-state index contributed by atoms with van der Waals surface area (Å²) >= 11 is 0. The van der Waals surface area contributed by atoms with Gasteiger partial charge >= 0.3 is 6.61 Å². The molecule has 0 unspecified atom stereocenters. The number of H-pyrrole nitrogens is 1. The molecule has 0 aliphatic rings. The number of fused-ring (bicyclic) bond motifs is 1. The van der Waals surface area contributed by atoms with Crippen molar-refractivity contribution >= 4 is 16.8 Å². The van der Waals surface area contributed by atoms with Crippen molar-refractivity contribution in [1.82, 2.24) is 10.3 Å². The number of carbonyl (C=O) groups excluding carboxylic acids is 1. The van der Waals surface area contributed by atoms with E-state index in [1.54, 1.807) is 12.1 Å². The normalized spacial score (nSPS) is 11.0. The van der Waals surface area contributed by atoms with Gasteiger partial charge in [-0.1, -0.05) is 23.8 Å². The molecule has 4 nitrogen and oxygen atoms in total. The molecule has 3 aromatic rings. The van der Waals surface area contributed by atoms with Gasteiger partial charge in [0.05, 0.1) is 0 Å². The van der Waals surface area contributed by atoms with Crippen molar-refractivity contribution in [3.8, 4) is 5.75 Å². The number of hydrogen-bond acceptors (Lipinski definition) is 2. The third-order valence-corrected chi connectivity index (χ3v) is 3.87. The molecule has 0 fully saturated rings. The zero-order chi connectivity index (χ0) is 17.8. The smallest absolute Gasteiger partial charge is 0.387 e. The van der Waals surface area contributed by atoms with Crippen LogP contribution in [0.4, 0.5) is 8.78 Å². The number of halogens is 2. The van der Waals surface area contributed by atoms with Crippen molar-refractivity contribution in [1.29, 1.82) is 0 Å². The first kappa shape index (κ1) is 17.0. The van der Waals surface area contributed by atoms with Gasteiger partial charge in [0, 0.05) is 17.4 Å². The van der Waals surface area contributed by atoms with Crippen LogP contribution in [-0.4, -0.2) is 24.0 Å². The van der Waals surface area contributed by atoms with E-state index in [1.165, 1.54) is 12.1 Å². The number of aromatic amines is 1. The Labute approximate surface area is 143 Å². The SMILES string of the molecule is Cc1ccc2[nH]c(C(=O)NCCc3ccc(OC(F)F)cc3)cc2c1. The van der Waals surface area contributed by atoms with Gasteiger partial charge in [-0.3, -0.25) is 4.79 Å². The zero-order valence-electron chi connectivity index (χ0n) is 13.7. The third kappa shape index (κ3) is 4.35. The molecule has 1 heterocycles. The number of benzene rings is 2. The fourth-order valence-corrected chi connectivity index (χ4v) is 2.63. The second kappa shape index (κ2) is 7.34. The topological polar surface area (TPSA) is 54.1 Å². The molecule has 1 amide bonds. The number of ether oxygens (including phenoxy) is 1. The molecule has 0 spiro atoms. The van der Waals surface area contributed by atoms with Gasteiger partial charge in [-0.2, -0.15) is 8.78 Å². The van der Waals surface area contributed by atoms with E-state index < -0.39 is 6.61 Å². The van der Waals surface area contributed by atoms with Crippen LogP contribution in [0, 0.1) is 6.92 Å². The lowest BCUT2D eigenvalue weighted by Gasteiger charge is -2.06. The molecule has 130 valence electrons. The summed E-state index contributed by atoms with van der Waals surface area (Å²) in [5.41, 5.74) is 3.50. The van der Waals surface area contributed by atoms with Crippen LogP contribution in [0.3, 0.4) is 0 Å². The lowest BCUT2D eigenvalue weighted by atomic mass is 10.1. The molecule has 0 saturated carbocycles. The van der Waals surface area contributed by atoms with Crippen LogP contribution in [0.15, 0.2) is 48.5 Å². The highest BCUT2D eigenvalue weighted by atomic mass is 19.3. The number of hydrogen-bond donors (Lipinski definition) is 2. The highest BCUT2D eigenvalue weighted by Gasteiger charge is 2.09. The molecule has 25 heavy (non-hydrogen) atoms. The predicted octanol–water partition coefficient (Wildman–Crippen LogP) is 4.05. The number of alkyl halides is 2. The fraction of sp³-hybridized carbons (Fsp3) is 0.211. The van der Waals surface area contributed by atoms with Gasteiger partial charge in [0.15, 0.2) is 0 Å². The molecule has 0 aliphatic heterocycles. The molecular weight excluding hydrogens is 326 g/mol. The minimum Gasteiger partial charge on any atom is -0.435 e. The standard InChI is InChI=1S/C19H18F2N2O2/c1-12-2-7-16-14(10-12)11-17(23-16)18(24)22-9-8-13-3-5-15(6-4-13)25-19(20)21/h2-7,10-11,19,23H,8-9H2,1H3,(H,22,24). The largest absolute Gasteiger partial charge is 0.435 e. The molecule has 0 aliphatic carbocycles. The predicted molar refractivity (Wildman–Crippen MR) is 92.1 cm³/mol. The van der Waals surface area contributed by atoms with Crippen LogP contribution in [0.25, 0.3) is 10.9 Å². The number of aromatic nitrogens is 1. The first-order valence-corrected chi connectivity index (χ1v) is 7.92. The summed E-state index contributed by atoms with van der Waals surface area (Å²) in [6.07, 6.45) is 0.597. The van der Waals surface area contributed by atoms with Gasteiger partial charge in [0.25, 0.3) is 5.91 Å². The third-order valence-electron chi connectivity index (χ3n) is 3.87. The van der Waals surface area contributed by atoms with E-state index in [4.69, 9.17) is 0 Å². The van der Waals surface area contributed by atoms with Crippen molar-refractivity contribution in [2.75, 3.05) is 6.54 Å². The summed E-state index contributed by atoms with van der Waals surface area (Å²) in [7, 11) is 0. The van der Waals surface area contributed by atoms with Gasteiger partial charge in [0.1, 0.15) is 11.4 Å². The van der Waals surface area contributed by atoms with E-state index in [0.717, 1.165) is 22.0 Å². The van der Waals surface area contributed by atoms with Gasteiger partial charge in [-0.05, 0) is 49.2 Å². The minimum atomic E-state index is -2.83. The molecule has 0 atom stereocenters. The van der Waals surface area contributed by atoms with E-state index >= 15 is 0 Å². The van der Waals surface area contributed by atoms with Crippen LogP contribution in [0.2, 0.25) is 0 Å².